The van der Waals surface area contributed by atoms with Gasteiger partial charge in [0.2, 0.25) is 0 Å². The molecule has 2 heterocycles. The second-order valence-corrected chi connectivity index (χ2v) is 8.28. The molecule has 1 aliphatic carbocycles. The van der Waals surface area contributed by atoms with E-state index in [4.69, 9.17) is 10.5 Å². The van der Waals surface area contributed by atoms with Gasteiger partial charge in [-0.3, -0.25) is 18.7 Å². The summed E-state index contributed by atoms with van der Waals surface area (Å²) in [5.41, 5.74) is 8.46. The average molecular weight is 458 g/mol. The first-order valence-electron chi connectivity index (χ1n) is 10.8. The first-order valence-corrected chi connectivity index (χ1v) is 10.8. The lowest BCUT2D eigenvalue weighted by Gasteiger charge is -2.20. The van der Waals surface area contributed by atoms with Gasteiger partial charge in [-0.25, -0.2) is 4.79 Å². The molecule has 4 aromatic rings. The average Bonchev–Trinajstić information content (AvgIpc) is 3.16. The Morgan fingerprint density at radius 3 is 2.59 bits per heavy atom. The van der Waals surface area contributed by atoms with E-state index in [1.165, 1.54) is 16.8 Å². The summed E-state index contributed by atoms with van der Waals surface area (Å²) in [7, 11) is 1.57. The zero-order valence-electron chi connectivity index (χ0n) is 18.4. The molecule has 1 aliphatic rings. The van der Waals surface area contributed by atoms with Gasteiger partial charge in [0.1, 0.15) is 11.6 Å². The molecule has 5 rings (SSSR count). The van der Waals surface area contributed by atoms with Crippen LogP contribution in [0.5, 0.6) is 5.75 Å². The third kappa shape index (κ3) is 3.51. The Kier molecular flexibility index (Phi) is 5.16. The molecule has 0 saturated heterocycles. The summed E-state index contributed by atoms with van der Waals surface area (Å²) in [5.74, 6) is -0.759. The molecule has 1 unspecified atom stereocenters. The molecular formula is C25H22N4O5. The van der Waals surface area contributed by atoms with Gasteiger partial charge in [0.25, 0.3) is 5.91 Å². The molecule has 2 aromatic carbocycles. The van der Waals surface area contributed by atoms with Crippen LogP contribution in [0.15, 0.2) is 59.5 Å². The predicted octanol–water partition coefficient (Wildman–Crippen LogP) is 2.66. The molecule has 0 radical (unpaired) electrons. The molecule has 9 heteroatoms. The van der Waals surface area contributed by atoms with Gasteiger partial charge in [-0.2, -0.15) is 4.98 Å². The number of anilines is 1. The molecule has 172 valence electrons. The van der Waals surface area contributed by atoms with Crippen molar-refractivity contribution in [3.8, 4) is 11.4 Å². The number of nitrogens with zero attached hydrogens (tertiary/aromatic N) is 3. The summed E-state index contributed by atoms with van der Waals surface area (Å²) in [6, 6.07) is 13.7. The molecule has 0 amide bonds. The number of nitrogens with two attached hydrogens (primary N) is 1. The van der Waals surface area contributed by atoms with Crippen LogP contribution < -0.4 is 16.2 Å². The van der Waals surface area contributed by atoms with Gasteiger partial charge in [-0.05, 0) is 73.4 Å². The molecule has 0 aliphatic heterocycles. The lowest BCUT2D eigenvalue weighted by molar-refractivity contribution is -0.142. The van der Waals surface area contributed by atoms with Gasteiger partial charge in [-0.1, -0.05) is 0 Å². The number of carbonyl (C=O) groups is 2. The summed E-state index contributed by atoms with van der Waals surface area (Å²) in [6.45, 7) is 0. The second kappa shape index (κ2) is 8.18. The van der Waals surface area contributed by atoms with Crippen LogP contribution in [0.25, 0.3) is 16.6 Å². The van der Waals surface area contributed by atoms with Crippen molar-refractivity contribution in [2.75, 3.05) is 12.8 Å². The van der Waals surface area contributed by atoms with Crippen LogP contribution in [0.2, 0.25) is 0 Å². The van der Waals surface area contributed by atoms with E-state index in [1.54, 1.807) is 42.0 Å². The Morgan fingerprint density at radius 2 is 1.91 bits per heavy atom. The minimum atomic E-state index is -0.830. The normalized spacial score (nSPS) is 15.1. The number of carboxylic acids is 1. The molecule has 3 N–H and O–H groups in total. The minimum Gasteiger partial charge on any atom is -0.497 e. The van der Waals surface area contributed by atoms with Crippen molar-refractivity contribution in [3.05, 3.63) is 82.0 Å². The van der Waals surface area contributed by atoms with E-state index in [1.807, 2.05) is 12.1 Å². The van der Waals surface area contributed by atoms with Crippen LogP contribution in [-0.4, -0.2) is 38.2 Å². The topological polar surface area (TPSA) is 129 Å². The maximum Gasteiger partial charge on any atom is 0.354 e. The van der Waals surface area contributed by atoms with Gasteiger partial charge in [0.05, 0.1) is 24.2 Å². The summed E-state index contributed by atoms with van der Waals surface area (Å²) < 4.78 is 8.38. The summed E-state index contributed by atoms with van der Waals surface area (Å²) in [6.07, 6.45) is 2.85. The minimum absolute atomic E-state index is 0.138. The zero-order chi connectivity index (χ0) is 24.0. The number of fused-ring (bicyclic) bond motifs is 3. The van der Waals surface area contributed by atoms with E-state index in [-0.39, 0.29) is 11.7 Å². The van der Waals surface area contributed by atoms with Crippen molar-refractivity contribution in [2.45, 2.75) is 19.3 Å². The molecule has 1 atom stereocenters. The van der Waals surface area contributed by atoms with Crippen molar-refractivity contribution in [3.63, 3.8) is 0 Å². The van der Waals surface area contributed by atoms with Crippen LogP contribution in [-0.2, 0) is 17.6 Å². The van der Waals surface area contributed by atoms with E-state index < -0.39 is 17.6 Å². The number of hydrogen-bond acceptors (Lipinski definition) is 6. The maximum atomic E-state index is 13.6. The van der Waals surface area contributed by atoms with Crippen LogP contribution in [0, 0.1) is 5.92 Å². The fourth-order valence-corrected chi connectivity index (χ4v) is 4.61. The highest BCUT2D eigenvalue weighted by molar-refractivity contribution is 6.04. The fraction of sp³-hybridized carbons (Fsp3) is 0.200. The highest BCUT2D eigenvalue weighted by Crippen LogP contribution is 2.36. The number of rotatable bonds is 4. The smallest absolute Gasteiger partial charge is 0.354 e. The van der Waals surface area contributed by atoms with Crippen LogP contribution in [0.3, 0.4) is 0 Å². The van der Waals surface area contributed by atoms with Crippen molar-refractivity contribution >= 4 is 28.6 Å². The number of aliphatic carboxylic acids is 1. The number of benzene rings is 2. The van der Waals surface area contributed by atoms with Crippen molar-refractivity contribution in [2.24, 2.45) is 5.92 Å². The Bertz CT molecular complexity index is 1500. The molecule has 34 heavy (non-hydrogen) atoms. The fourth-order valence-electron chi connectivity index (χ4n) is 4.61. The summed E-state index contributed by atoms with van der Waals surface area (Å²) in [4.78, 5) is 41.1. The largest absolute Gasteiger partial charge is 0.497 e. The zero-order valence-corrected chi connectivity index (χ0v) is 18.4. The van der Waals surface area contributed by atoms with E-state index in [0.29, 0.717) is 41.8 Å². The summed E-state index contributed by atoms with van der Waals surface area (Å²) >= 11 is 0. The molecule has 9 nitrogen and oxygen atoms in total. The Balaban J connectivity index is 1.58. The number of hydrogen-bond donors (Lipinski definition) is 2. The third-order valence-electron chi connectivity index (χ3n) is 6.34. The highest BCUT2D eigenvalue weighted by Gasteiger charge is 2.31. The number of methoxy groups -OCH3 is 1. The quantitative estimate of drug-likeness (QED) is 0.481. The van der Waals surface area contributed by atoms with Crippen LogP contribution in [0.4, 0.5) is 5.82 Å². The van der Waals surface area contributed by atoms with E-state index in [0.717, 1.165) is 16.6 Å². The summed E-state index contributed by atoms with van der Waals surface area (Å²) in [5, 5.41) is 10.4. The molecule has 2 aromatic heterocycles. The van der Waals surface area contributed by atoms with E-state index >= 15 is 0 Å². The number of carboxylic acid groups (broad SMARTS) is 1. The van der Waals surface area contributed by atoms with E-state index in [2.05, 4.69) is 4.98 Å². The molecular weight excluding hydrogens is 436 g/mol. The first kappa shape index (κ1) is 21.4. The third-order valence-corrected chi connectivity index (χ3v) is 6.34. The lowest BCUT2D eigenvalue weighted by atomic mass is 9.86. The van der Waals surface area contributed by atoms with Crippen LogP contribution >= 0.6 is 0 Å². The Labute approximate surface area is 194 Å². The molecule has 0 bridgehead atoms. The van der Waals surface area contributed by atoms with E-state index in [9.17, 15) is 19.5 Å². The van der Waals surface area contributed by atoms with Gasteiger partial charge >= 0.3 is 11.7 Å². The SMILES string of the molecule is COc1ccc2c(c1)c1c(n2C(=O)c2ccc(-n3ccc(N)nc3=O)cc2)CCC(C(=O)O)C1. The standard InChI is InChI=1S/C25H22N4O5/c1-34-17-7-9-21-19(13-17)18-12-15(24(31)32)4-8-20(18)29(21)23(30)14-2-5-16(6-3-14)28-11-10-22(26)27-25(28)33/h2-3,5-7,9-11,13,15H,4,8,12H2,1H3,(H,31,32)(H2,26,27,33). The van der Waals surface area contributed by atoms with Crippen molar-refractivity contribution < 1.29 is 19.4 Å². The van der Waals surface area contributed by atoms with Crippen LogP contribution in [0.1, 0.15) is 28.0 Å². The number of carbonyl (C=O) groups excluding carboxylic acids is 1. The van der Waals surface area contributed by atoms with Gasteiger partial charge in [0.15, 0.2) is 0 Å². The lowest BCUT2D eigenvalue weighted by Crippen LogP contribution is -2.24. The molecule has 0 spiro atoms. The second-order valence-electron chi connectivity index (χ2n) is 8.28. The number of ether oxygens (including phenoxy) is 1. The number of nitrogen functional groups attached to an aromatic ring is 1. The van der Waals surface area contributed by atoms with Gasteiger partial charge < -0.3 is 15.6 Å². The van der Waals surface area contributed by atoms with Gasteiger partial charge in [-0.15, -0.1) is 0 Å². The maximum absolute atomic E-state index is 13.6. The Hall–Kier alpha value is -4.40. The monoisotopic (exact) mass is 458 g/mol. The van der Waals surface area contributed by atoms with Gasteiger partial charge in [0, 0.05) is 22.8 Å². The first-order chi connectivity index (χ1) is 16.4. The molecule has 0 saturated carbocycles. The highest BCUT2D eigenvalue weighted by atomic mass is 16.5. The van der Waals surface area contributed by atoms with Crippen molar-refractivity contribution in [1.82, 2.24) is 14.1 Å². The van der Waals surface area contributed by atoms with Crippen molar-refractivity contribution in [1.29, 1.82) is 0 Å². The molecule has 0 fully saturated rings. The predicted molar refractivity (Wildman–Crippen MR) is 126 cm³/mol. The Morgan fingerprint density at radius 1 is 1.15 bits per heavy atom. The number of aromatic nitrogens is 3.